The van der Waals surface area contributed by atoms with Gasteiger partial charge in [-0.25, -0.2) is 0 Å². The van der Waals surface area contributed by atoms with Crippen LogP contribution < -0.4 is 0 Å². The quantitative estimate of drug-likeness (QED) is 0.716. The maximum absolute atomic E-state index is 12.1. The van der Waals surface area contributed by atoms with Crippen molar-refractivity contribution < 1.29 is 24.1 Å². The zero-order valence-corrected chi connectivity index (χ0v) is 10.2. The summed E-state index contributed by atoms with van der Waals surface area (Å²) in [7, 11) is 1.36. The van der Waals surface area contributed by atoms with Gasteiger partial charge in [0.25, 0.3) is 0 Å². The summed E-state index contributed by atoms with van der Waals surface area (Å²) in [6.07, 6.45) is 2.32. The molecular weight excluding hydrogens is 224 g/mol. The van der Waals surface area contributed by atoms with Gasteiger partial charge in [-0.05, 0) is 12.8 Å². The van der Waals surface area contributed by atoms with Gasteiger partial charge in [-0.2, -0.15) is 0 Å². The van der Waals surface area contributed by atoms with Crippen molar-refractivity contribution >= 4 is 5.97 Å². The van der Waals surface area contributed by atoms with Gasteiger partial charge in [0.05, 0.1) is 19.3 Å². The van der Waals surface area contributed by atoms with Crippen LogP contribution in [0.2, 0.25) is 0 Å². The van der Waals surface area contributed by atoms with E-state index in [0.29, 0.717) is 39.1 Å². The minimum atomic E-state index is -1.06. The molecule has 2 aliphatic rings. The third-order valence-electron chi connectivity index (χ3n) is 4.03. The summed E-state index contributed by atoms with van der Waals surface area (Å²) in [6.45, 7) is 1.85. The van der Waals surface area contributed by atoms with E-state index in [4.69, 9.17) is 14.2 Å². The maximum atomic E-state index is 12.1. The van der Waals surface area contributed by atoms with Crippen molar-refractivity contribution in [2.75, 3.05) is 33.5 Å². The molecule has 1 N–H and O–H groups in total. The Bertz CT molecular complexity index is 277. The van der Waals surface area contributed by atoms with Gasteiger partial charge in [0.1, 0.15) is 5.41 Å². The monoisotopic (exact) mass is 244 g/mol. The zero-order chi connectivity index (χ0) is 12.4. The molecule has 2 aliphatic heterocycles. The Morgan fingerprint density at radius 2 is 1.88 bits per heavy atom. The zero-order valence-electron chi connectivity index (χ0n) is 10.2. The van der Waals surface area contributed by atoms with E-state index in [0.717, 1.165) is 6.42 Å². The first-order valence-corrected chi connectivity index (χ1v) is 6.11. The highest BCUT2D eigenvalue weighted by molar-refractivity contribution is 5.78. The molecule has 0 aromatic heterocycles. The number of ether oxygens (including phenoxy) is 3. The molecule has 98 valence electrons. The van der Waals surface area contributed by atoms with Crippen LogP contribution in [0.5, 0.6) is 0 Å². The number of rotatable bonds is 2. The van der Waals surface area contributed by atoms with E-state index >= 15 is 0 Å². The largest absolute Gasteiger partial charge is 0.468 e. The fourth-order valence-corrected chi connectivity index (χ4v) is 2.90. The molecule has 5 heteroatoms. The summed E-state index contributed by atoms with van der Waals surface area (Å²) in [5.41, 5.74) is -1.97. The van der Waals surface area contributed by atoms with Crippen molar-refractivity contribution in [3.8, 4) is 0 Å². The SMILES string of the molecule is COC(=O)C1(C2(O)CCOCC2)CCCOC1. The third-order valence-corrected chi connectivity index (χ3v) is 4.03. The molecule has 2 saturated heterocycles. The first-order valence-electron chi connectivity index (χ1n) is 6.11. The number of esters is 1. The molecule has 0 aromatic rings. The van der Waals surface area contributed by atoms with E-state index in [1.807, 2.05) is 0 Å². The van der Waals surface area contributed by atoms with Crippen molar-refractivity contribution in [2.24, 2.45) is 5.41 Å². The van der Waals surface area contributed by atoms with Crippen LogP contribution in [-0.2, 0) is 19.0 Å². The third kappa shape index (κ3) is 2.07. The van der Waals surface area contributed by atoms with Gasteiger partial charge in [0.15, 0.2) is 0 Å². The molecule has 2 fully saturated rings. The minimum absolute atomic E-state index is 0.246. The molecule has 2 heterocycles. The van der Waals surface area contributed by atoms with Crippen molar-refractivity contribution in [3.63, 3.8) is 0 Å². The Hall–Kier alpha value is -0.650. The van der Waals surface area contributed by atoms with Gasteiger partial charge in [-0.1, -0.05) is 0 Å². The Kier molecular flexibility index (Phi) is 3.70. The first kappa shape index (κ1) is 12.8. The van der Waals surface area contributed by atoms with Gasteiger partial charge in [0.2, 0.25) is 0 Å². The lowest BCUT2D eigenvalue weighted by Crippen LogP contribution is -2.60. The Morgan fingerprint density at radius 3 is 2.41 bits per heavy atom. The molecule has 0 saturated carbocycles. The Labute approximate surface area is 101 Å². The standard InChI is InChI=1S/C12H20O5/c1-15-10(13)11(3-2-6-17-9-11)12(14)4-7-16-8-5-12/h14H,2-9H2,1H3. The van der Waals surface area contributed by atoms with Crippen molar-refractivity contribution in [1.29, 1.82) is 0 Å². The molecule has 0 spiro atoms. The van der Waals surface area contributed by atoms with Crippen molar-refractivity contribution in [1.82, 2.24) is 0 Å². The maximum Gasteiger partial charge on any atom is 0.317 e. The summed E-state index contributed by atoms with van der Waals surface area (Å²) in [4.78, 5) is 12.1. The van der Waals surface area contributed by atoms with Crippen LogP contribution in [0.25, 0.3) is 0 Å². The fourth-order valence-electron chi connectivity index (χ4n) is 2.90. The van der Waals surface area contributed by atoms with Crippen LogP contribution in [-0.4, -0.2) is 50.2 Å². The van der Waals surface area contributed by atoms with E-state index in [2.05, 4.69) is 0 Å². The van der Waals surface area contributed by atoms with E-state index in [1.54, 1.807) is 0 Å². The molecule has 1 atom stereocenters. The molecule has 0 aromatic carbocycles. The van der Waals surface area contributed by atoms with Crippen molar-refractivity contribution in [2.45, 2.75) is 31.3 Å². The normalized spacial score (nSPS) is 33.1. The lowest BCUT2D eigenvalue weighted by molar-refractivity contribution is -0.208. The van der Waals surface area contributed by atoms with Crippen LogP contribution in [0.15, 0.2) is 0 Å². The molecule has 0 aliphatic carbocycles. The summed E-state index contributed by atoms with van der Waals surface area (Å²) in [5, 5.41) is 10.8. The van der Waals surface area contributed by atoms with Crippen LogP contribution in [0, 0.1) is 5.41 Å². The van der Waals surface area contributed by atoms with Crippen LogP contribution in [0.3, 0.4) is 0 Å². The molecule has 17 heavy (non-hydrogen) atoms. The Balaban J connectivity index is 2.27. The summed E-state index contributed by atoms with van der Waals surface area (Å²) in [5.74, 6) is -0.360. The number of aliphatic hydroxyl groups is 1. The topological polar surface area (TPSA) is 65.0 Å². The van der Waals surface area contributed by atoms with Gasteiger partial charge in [-0.15, -0.1) is 0 Å². The highest BCUT2D eigenvalue weighted by Crippen LogP contribution is 2.45. The number of carbonyl (C=O) groups excluding carboxylic acids is 1. The molecule has 1 unspecified atom stereocenters. The second-order valence-electron chi connectivity index (χ2n) is 4.87. The average molecular weight is 244 g/mol. The number of methoxy groups -OCH3 is 1. The van der Waals surface area contributed by atoms with Gasteiger partial charge in [0, 0.05) is 32.7 Å². The lowest BCUT2D eigenvalue weighted by Gasteiger charge is -2.48. The molecule has 2 rings (SSSR count). The summed E-state index contributed by atoms with van der Waals surface area (Å²) >= 11 is 0. The number of hydrogen-bond acceptors (Lipinski definition) is 5. The predicted molar refractivity (Wildman–Crippen MR) is 59.5 cm³/mol. The molecular formula is C12H20O5. The van der Waals surface area contributed by atoms with E-state index < -0.39 is 11.0 Å². The highest BCUT2D eigenvalue weighted by atomic mass is 16.5. The van der Waals surface area contributed by atoms with Crippen LogP contribution in [0.1, 0.15) is 25.7 Å². The van der Waals surface area contributed by atoms with E-state index in [1.165, 1.54) is 7.11 Å². The summed E-state index contributed by atoms with van der Waals surface area (Å²) in [6, 6.07) is 0. The molecule has 0 bridgehead atoms. The number of hydrogen-bond donors (Lipinski definition) is 1. The highest BCUT2D eigenvalue weighted by Gasteiger charge is 2.57. The summed E-state index contributed by atoms with van der Waals surface area (Å²) < 4.78 is 15.6. The van der Waals surface area contributed by atoms with E-state index in [9.17, 15) is 9.90 Å². The first-order chi connectivity index (χ1) is 8.15. The molecule has 5 nitrogen and oxygen atoms in total. The average Bonchev–Trinajstić information content (AvgIpc) is 2.39. The molecule has 0 amide bonds. The van der Waals surface area contributed by atoms with E-state index in [-0.39, 0.29) is 12.6 Å². The Morgan fingerprint density at radius 1 is 1.18 bits per heavy atom. The lowest BCUT2D eigenvalue weighted by atomic mass is 9.65. The van der Waals surface area contributed by atoms with Gasteiger partial charge >= 0.3 is 5.97 Å². The van der Waals surface area contributed by atoms with Crippen LogP contribution >= 0.6 is 0 Å². The molecule has 0 radical (unpaired) electrons. The second-order valence-corrected chi connectivity index (χ2v) is 4.87. The van der Waals surface area contributed by atoms with Crippen molar-refractivity contribution in [3.05, 3.63) is 0 Å². The minimum Gasteiger partial charge on any atom is -0.468 e. The predicted octanol–water partition coefficient (Wildman–Crippen LogP) is 0.498. The van der Waals surface area contributed by atoms with Gasteiger partial charge in [-0.3, -0.25) is 4.79 Å². The van der Waals surface area contributed by atoms with Gasteiger partial charge < -0.3 is 19.3 Å². The second kappa shape index (κ2) is 4.92. The fraction of sp³-hybridized carbons (Fsp3) is 0.917. The smallest absolute Gasteiger partial charge is 0.317 e. The number of carbonyl (C=O) groups is 1. The van der Waals surface area contributed by atoms with Crippen LogP contribution in [0.4, 0.5) is 0 Å².